The Morgan fingerprint density at radius 1 is 1.64 bits per heavy atom. The fourth-order valence-corrected chi connectivity index (χ4v) is 0.701. The highest BCUT2D eigenvalue weighted by molar-refractivity contribution is 5.97. The smallest absolute Gasteiger partial charge is 0.124 e. The lowest BCUT2D eigenvalue weighted by Crippen LogP contribution is -2.07. The molecule has 0 fully saturated rings. The number of anilines is 1. The molecule has 0 radical (unpaired) electrons. The molecule has 11 heavy (non-hydrogen) atoms. The molecule has 0 saturated carbocycles. The van der Waals surface area contributed by atoms with Gasteiger partial charge in [0.25, 0.3) is 0 Å². The van der Waals surface area contributed by atoms with Crippen molar-refractivity contribution in [3.05, 3.63) is 23.9 Å². The number of nitrogen functional groups attached to an aromatic ring is 1. The predicted molar refractivity (Wildman–Crippen MR) is 42.6 cm³/mol. The largest absolute Gasteiger partial charge is 0.390 e. The fourth-order valence-electron chi connectivity index (χ4n) is 0.701. The first-order chi connectivity index (χ1) is 5.24. The molecular formula is C7H9N3O. The van der Waals surface area contributed by atoms with E-state index in [1.165, 1.54) is 0 Å². The zero-order valence-corrected chi connectivity index (χ0v) is 5.91. The van der Waals surface area contributed by atoms with Crippen LogP contribution in [0.4, 0.5) is 5.82 Å². The van der Waals surface area contributed by atoms with Gasteiger partial charge in [0.1, 0.15) is 5.82 Å². The summed E-state index contributed by atoms with van der Waals surface area (Å²) in [6.45, 7) is -0.309. The second-order valence-corrected chi connectivity index (χ2v) is 2.08. The molecule has 1 aromatic rings. The molecule has 0 bridgehead atoms. The Balaban J connectivity index is 2.96. The average Bonchev–Trinajstić information content (AvgIpc) is 2.03. The maximum absolute atomic E-state index is 8.57. The van der Waals surface area contributed by atoms with Gasteiger partial charge in [0, 0.05) is 0 Å². The summed E-state index contributed by atoms with van der Waals surface area (Å²) >= 11 is 0. The summed E-state index contributed by atoms with van der Waals surface area (Å²) in [7, 11) is 0. The minimum atomic E-state index is -0.309. The molecular weight excluding hydrogens is 142 g/mol. The summed E-state index contributed by atoms with van der Waals surface area (Å²) in [5, 5.41) is 15.8. The molecule has 4 heteroatoms. The van der Waals surface area contributed by atoms with E-state index < -0.39 is 0 Å². The van der Waals surface area contributed by atoms with Crippen LogP contribution >= 0.6 is 0 Å². The Hall–Kier alpha value is -1.42. The van der Waals surface area contributed by atoms with Crippen LogP contribution in [-0.4, -0.2) is 22.4 Å². The van der Waals surface area contributed by atoms with Crippen molar-refractivity contribution in [3.63, 3.8) is 0 Å². The SMILES string of the molecule is N=C(CO)c1cccc(N)n1. The molecule has 0 saturated heterocycles. The van der Waals surface area contributed by atoms with E-state index in [4.69, 9.17) is 16.2 Å². The summed E-state index contributed by atoms with van der Waals surface area (Å²) in [6.07, 6.45) is 0. The minimum Gasteiger partial charge on any atom is -0.390 e. The van der Waals surface area contributed by atoms with Crippen LogP contribution in [0.3, 0.4) is 0 Å². The van der Waals surface area contributed by atoms with Gasteiger partial charge in [-0.05, 0) is 12.1 Å². The molecule has 1 rings (SSSR count). The molecule has 4 nitrogen and oxygen atoms in total. The van der Waals surface area contributed by atoms with Crippen molar-refractivity contribution in [2.24, 2.45) is 0 Å². The van der Waals surface area contributed by atoms with Gasteiger partial charge in [0.2, 0.25) is 0 Å². The van der Waals surface area contributed by atoms with Crippen molar-refractivity contribution in [2.75, 3.05) is 12.3 Å². The summed E-state index contributed by atoms with van der Waals surface area (Å²) in [4.78, 5) is 3.84. The van der Waals surface area contributed by atoms with Gasteiger partial charge < -0.3 is 16.2 Å². The molecule has 0 aliphatic carbocycles. The number of hydrogen-bond acceptors (Lipinski definition) is 4. The van der Waals surface area contributed by atoms with E-state index in [1.54, 1.807) is 18.2 Å². The van der Waals surface area contributed by atoms with Crippen molar-refractivity contribution in [3.8, 4) is 0 Å². The predicted octanol–water partition coefficient (Wildman–Crippen LogP) is 0.0240. The van der Waals surface area contributed by atoms with Gasteiger partial charge in [0.05, 0.1) is 18.0 Å². The Kier molecular flexibility index (Phi) is 2.18. The first-order valence-electron chi connectivity index (χ1n) is 3.15. The Bertz CT molecular complexity index is 272. The summed E-state index contributed by atoms with van der Waals surface area (Å²) in [5.74, 6) is 0.362. The van der Waals surface area contributed by atoms with Crippen LogP contribution in [0.15, 0.2) is 18.2 Å². The van der Waals surface area contributed by atoms with Gasteiger partial charge in [-0.25, -0.2) is 4.98 Å². The minimum absolute atomic E-state index is 0.0808. The third-order valence-corrected chi connectivity index (χ3v) is 1.24. The van der Waals surface area contributed by atoms with E-state index in [1.807, 2.05) is 0 Å². The zero-order valence-electron chi connectivity index (χ0n) is 5.91. The maximum Gasteiger partial charge on any atom is 0.124 e. The topological polar surface area (TPSA) is 83.0 Å². The maximum atomic E-state index is 8.57. The molecule has 58 valence electrons. The van der Waals surface area contributed by atoms with E-state index in [0.717, 1.165) is 0 Å². The van der Waals surface area contributed by atoms with Crippen molar-refractivity contribution in [1.82, 2.24) is 4.98 Å². The van der Waals surface area contributed by atoms with E-state index >= 15 is 0 Å². The monoisotopic (exact) mass is 151 g/mol. The molecule has 0 spiro atoms. The lowest BCUT2D eigenvalue weighted by molar-refractivity contribution is 0.357. The standard InChI is InChI=1S/C7H9N3O/c8-5(4-11)6-2-1-3-7(9)10-6/h1-3,8,11H,4H2,(H2,9,10). The van der Waals surface area contributed by atoms with Gasteiger partial charge in [-0.1, -0.05) is 6.07 Å². The third-order valence-electron chi connectivity index (χ3n) is 1.24. The molecule has 0 amide bonds. The van der Waals surface area contributed by atoms with Crippen LogP contribution in [0.2, 0.25) is 0 Å². The Morgan fingerprint density at radius 2 is 2.36 bits per heavy atom. The molecule has 0 aliphatic heterocycles. The van der Waals surface area contributed by atoms with Gasteiger partial charge >= 0.3 is 0 Å². The lowest BCUT2D eigenvalue weighted by Gasteiger charge is -1.98. The third kappa shape index (κ3) is 1.75. The first-order valence-corrected chi connectivity index (χ1v) is 3.15. The zero-order chi connectivity index (χ0) is 8.27. The Morgan fingerprint density at radius 3 is 2.91 bits per heavy atom. The number of nitrogens with zero attached hydrogens (tertiary/aromatic N) is 1. The molecule has 0 unspecified atom stereocenters. The number of rotatable bonds is 2. The normalized spacial score (nSPS) is 9.55. The number of hydrogen-bond donors (Lipinski definition) is 3. The summed E-state index contributed by atoms with van der Waals surface area (Å²) < 4.78 is 0. The molecule has 1 aromatic heterocycles. The van der Waals surface area contributed by atoms with Crippen molar-refractivity contribution >= 4 is 11.5 Å². The molecule has 1 heterocycles. The van der Waals surface area contributed by atoms with Crippen LogP contribution in [0, 0.1) is 5.41 Å². The van der Waals surface area contributed by atoms with Crippen LogP contribution in [-0.2, 0) is 0 Å². The van der Waals surface area contributed by atoms with Gasteiger partial charge in [-0.3, -0.25) is 0 Å². The summed E-state index contributed by atoms with van der Waals surface area (Å²) in [5.41, 5.74) is 5.87. The van der Waals surface area contributed by atoms with Crippen molar-refractivity contribution in [1.29, 1.82) is 5.41 Å². The first kappa shape index (κ1) is 7.68. The highest BCUT2D eigenvalue weighted by Gasteiger charge is 1.99. The van der Waals surface area contributed by atoms with Crippen LogP contribution in [0.5, 0.6) is 0 Å². The second-order valence-electron chi connectivity index (χ2n) is 2.08. The second kappa shape index (κ2) is 3.12. The quantitative estimate of drug-likeness (QED) is 0.521. The van der Waals surface area contributed by atoms with Gasteiger partial charge in [-0.2, -0.15) is 0 Å². The highest BCUT2D eigenvalue weighted by Crippen LogP contribution is 2.00. The number of pyridine rings is 1. The van der Waals surface area contributed by atoms with Crippen LogP contribution in [0.1, 0.15) is 5.69 Å². The van der Waals surface area contributed by atoms with Crippen molar-refractivity contribution in [2.45, 2.75) is 0 Å². The molecule has 0 atom stereocenters. The number of nitrogens with one attached hydrogen (secondary N) is 1. The van der Waals surface area contributed by atoms with Crippen LogP contribution < -0.4 is 5.73 Å². The molecule has 0 aromatic carbocycles. The number of aliphatic hydroxyl groups is 1. The van der Waals surface area contributed by atoms with Crippen molar-refractivity contribution < 1.29 is 5.11 Å². The number of aliphatic hydroxyl groups excluding tert-OH is 1. The van der Waals surface area contributed by atoms with E-state index in [-0.39, 0.29) is 12.3 Å². The number of nitrogens with two attached hydrogens (primary N) is 1. The number of aromatic nitrogens is 1. The summed E-state index contributed by atoms with van der Waals surface area (Å²) in [6, 6.07) is 4.96. The highest BCUT2D eigenvalue weighted by atomic mass is 16.3. The molecule has 0 aliphatic rings. The fraction of sp³-hybridized carbons (Fsp3) is 0.143. The molecule has 4 N–H and O–H groups in total. The van der Waals surface area contributed by atoms with E-state index in [9.17, 15) is 0 Å². The average molecular weight is 151 g/mol. The van der Waals surface area contributed by atoms with Gasteiger partial charge in [0.15, 0.2) is 0 Å². The van der Waals surface area contributed by atoms with Crippen LogP contribution in [0.25, 0.3) is 0 Å². The lowest BCUT2D eigenvalue weighted by atomic mass is 10.2. The van der Waals surface area contributed by atoms with E-state index in [0.29, 0.717) is 11.5 Å². The van der Waals surface area contributed by atoms with Gasteiger partial charge in [-0.15, -0.1) is 0 Å². The van der Waals surface area contributed by atoms with E-state index in [2.05, 4.69) is 4.98 Å². The Labute approximate surface area is 64.2 Å².